The van der Waals surface area contributed by atoms with Gasteiger partial charge >= 0.3 is 68.9 Å². The maximum Gasteiger partial charge on any atom is 0.514 e. The first-order valence-corrected chi connectivity index (χ1v) is 8.27. The summed E-state index contributed by atoms with van der Waals surface area (Å²) in [5, 5.41) is 0. The molecule has 3 nitrogen and oxygen atoms in total. The fourth-order valence-corrected chi connectivity index (χ4v) is 2.01. The van der Waals surface area contributed by atoms with Crippen molar-refractivity contribution < 1.29 is 106 Å². The molecule has 29 heavy (non-hydrogen) atoms. The van der Waals surface area contributed by atoms with Gasteiger partial charge in [0.25, 0.3) is 0 Å². The minimum atomic E-state index is -8.77. The van der Waals surface area contributed by atoms with E-state index in [0.717, 1.165) is 0 Å². The molecule has 0 aliphatic carbocycles. The molecule has 0 aromatic carbocycles. The number of alkyl halides is 17. The van der Waals surface area contributed by atoms with Crippen LogP contribution in [0.3, 0.4) is 0 Å². The zero-order valence-corrected chi connectivity index (χ0v) is 14.2. The second-order valence-electron chi connectivity index (χ2n) is 4.73. The topological polar surface area (TPSA) is 55.3 Å². The number of halogens is 18. The Morgan fingerprint density at radius 3 is 0.897 bits per heavy atom. The first kappa shape index (κ1) is 28.4. The van der Waals surface area contributed by atoms with E-state index in [4.69, 9.17) is 0 Å². The summed E-state index contributed by atoms with van der Waals surface area (Å²) in [6.45, 7) is 0. The van der Waals surface area contributed by atoms with Crippen molar-refractivity contribution in [3.63, 3.8) is 0 Å². The zero-order chi connectivity index (χ0) is 24.3. The molecule has 0 unspecified atom stereocenters. The second kappa shape index (κ2) is 7.24. The third kappa shape index (κ3) is 3.90. The summed E-state index contributed by atoms with van der Waals surface area (Å²) in [7, 11) is 0. The molecule has 0 amide bonds. The van der Waals surface area contributed by atoms with Crippen LogP contribution in [0.15, 0.2) is 0 Å². The summed E-state index contributed by atoms with van der Waals surface area (Å²) >= 11 is -6.23. The molecule has 0 atom stereocenters. The molecule has 0 saturated heterocycles. The molecule has 0 aromatic heterocycles. The quantitative estimate of drug-likeness (QED) is 0.296. The van der Waals surface area contributed by atoms with Crippen LogP contribution in [0.4, 0.5) is 74.6 Å². The van der Waals surface area contributed by atoms with Crippen LogP contribution in [0.25, 0.3) is 0 Å². The SMILES string of the molecule is [O-][I+2]([O-])OC(F)(F)C(F)(F)C(F)(F)C(F)(F)C(F)(F)C(F)(F)C(F)(F)C(F)(F)F. The minimum Gasteiger partial charge on any atom is -0.396 e. The fourth-order valence-electron chi connectivity index (χ4n) is 1.28. The number of hydrogen-bond acceptors (Lipinski definition) is 3. The normalized spacial score (nSPS) is 16.6. The summed E-state index contributed by atoms with van der Waals surface area (Å²) in [5.41, 5.74) is 0. The minimum absolute atomic E-state index is 1.89. The molecule has 0 heterocycles. The molecule has 0 fully saturated rings. The molecule has 0 radical (unpaired) electrons. The first-order valence-electron chi connectivity index (χ1n) is 5.63. The Labute approximate surface area is 154 Å². The van der Waals surface area contributed by atoms with Crippen LogP contribution >= 0.6 is 0 Å². The molecule has 0 bridgehead atoms. The van der Waals surface area contributed by atoms with Crippen LogP contribution in [0.1, 0.15) is 0 Å². The van der Waals surface area contributed by atoms with Gasteiger partial charge < -0.3 is 6.87 Å². The highest BCUT2D eigenvalue weighted by atomic mass is 127. The summed E-state index contributed by atoms with van der Waals surface area (Å²) in [5.74, 6) is -51.1. The van der Waals surface area contributed by atoms with Crippen LogP contribution in [-0.2, 0) is 3.07 Å². The maximum absolute atomic E-state index is 13.1. The summed E-state index contributed by atoms with van der Waals surface area (Å²) in [4.78, 5) is 0. The van der Waals surface area contributed by atoms with E-state index in [0.29, 0.717) is 0 Å². The van der Waals surface area contributed by atoms with E-state index in [9.17, 15) is 81.5 Å². The van der Waals surface area contributed by atoms with E-state index in [1.165, 1.54) is 0 Å². The predicted octanol–water partition coefficient (Wildman–Crippen LogP) is 0.0602. The first-order chi connectivity index (χ1) is 12.2. The van der Waals surface area contributed by atoms with Gasteiger partial charge in [-0.3, -0.25) is 0 Å². The molecule has 0 saturated carbocycles. The van der Waals surface area contributed by atoms with Crippen LogP contribution in [0, 0.1) is 0 Å². The van der Waals surface area contributed by atoms with Gasteiger partial charge in [-0.25, -0.2) is 0 Å². The molecule has 0 spiro atoms. The highest BCUT2D eigenvalue weighted by Crippen LogP contribution is 2.63. The second-order valence-corrected chi connectivity index (χ2v) is 6.25. The van der Waals surface area contributed by atoms with Gasteiger partial charge in [0.15, 0.2) is 0 Å². The van der Waals surface area contributed by atoms with Crippen LogP contribution in [-0.4, -0.2) is 47.8 Å². The van der Waals surface area contributed by atoms with E-state index in [1.54, 1.807) is 0 Å². The van der Waals surface area contributed by atoms with Crippen LogP contribution < -0.4 is 27.9 Å². The number of hydrogen-bond donors (Lipinski definition) is 0. The van der Waals surface area contributed by atoms with Crippen molar-refractivity contribution in [3.05, 3.63) is 0 Å². The molecule has 0 aliphatic rings. The Balaban J connectivity index is 6.65. The molecular formula is C8F17IO3. The summed E-state index contributed by atoms with van der Waals surface area (Å²) in [6.07, 6.45) is -15.2. The average Bonchev–Trinajstić information content (AvgIpc) is 2.43. The molecule has 0 rings (SSSR count). The van der Waals surface area contributed by atoms with Crippen molar-refractivity contribution in [2.45, 2.75) is 47.8 Å². The Bertz CT molecular complexity index is 596. The number of rotatable bonds is 8. The molecule has 21 heteroatoms. The predicted molar refractivity (Wildman–Crippen MR) is 41.8 cm³/mol. The fraction of sp³-hybridized carbons (Fsp3) is 1.00. The Kier molecular flexibility index (Phi) is 7.09. The van der Waals surface area contributed by atoms with E-state index in [2.05, 4.69) is 0 Å². The van der Waals surface area contributed by atoms with Crippen molar-refractivity contribution in [1.82, 2.24) is 0 Å². The smallest absolute Gasteiger partial charge is 0.396 e. The molecule has 0 aromatic rings. The Hall–Kier alpha value is -0.580. The van der Waals surface area contributed by atoms with Crippen molar-refractivity contribution in [2.75, 3.05) is 0 Å². The highest BCUT2D eigenvalue weighted by Gasteiger charge is 2.96. The van der Waals surface area contributed by atoms with E-state index in [1.807, 2.05) is 3.07 Å². The van der Waals surface area contributed by atoms with Gasteiger partial charge in [-0.1, -0.05) is 0 Å². The lowest BCUT2D eigenvalue weighted by Gasteiger charge is -2.41. The Morgan fingerprint density at radius 1 is 0.414 bits per heavy atom. The lowest BCUT2D eigenvalue weighted by atomic mass is 9.91. The van der Waals surface area contributed by atoms with Gasteiger partial charge in [-0.2, -0.15) is 74.6 Å². The van der Waals surface area contributed by atoms with Crippen LogP contribution in [0.5, 0.6) is 0 Å². The molecule has 0 aliphatic heterocycles. The monoisotopic (exact) mass is 594 g/mol. The van der Waals surface area contributed by atoms with Gasteiger partial charge in [0.05, 0.1) is 3.07 Å². The van der Waals surface area contributed by atoms with Gasteiger partial charge in [-0.05, 0) is 0 Å². The lowest BCUT2D eigenvalue weighted by Crippen LogP contribution is -3.99. The van der Waals surface area contributed by atoms with Gasteiger partial charge in [0.1, 0.15) is 0 Å². The molecule has 0 N–H and O–H groups in total. The average molecular weight is 594 g/mol. The van der Waals surface area contributed by atoms with E-state index >= 15 is 0 Å². The van der Waals surface area contributed by atoms with Gasteiger partial charge in [-0.15, -0.1) is 0 Å². The lowest BCUT2D eigenvalue weighted by molar-refractivity contribution is -1.63. The summed E-state index contributed by atoms with van der Waals surface area (Å²) in [6, 6.07) is 0. The largest absolute Gasteiger partial charge is 0.514 e. The van der Waals surface area contributed by atoms with E-state index in [-0.39, 0.29) is 0 Å². The Morgan fingerprint density at radius 2 is 0.655 bits per heavy atom. The van der Waals surface area contributed by atoms with E-state index < -0.39 is 68.9 Å². The summed E-state index contributed by atoms with van der Waals surface area (Å²) < 4.78 is 237. The van der Waals surface area contributed by atoms with Crippen molar-refractivity contribution in [2.24, 2.45) is 0 Å². The maximum atomic E-state index is 13.1. The standard InChI is InChI=1S/C8F17IO3/c9-1(10,3(13,14)5(17,18)7(21,22)23)2(11,12)4(15,16)6(19,20)8(24,25)29-26(27)28. The van der Waals surface area contributed by atoms with Gasteiger partial charge in [0.2, 0.25) is 0 Å². The van der Waals surface area contributed by atoms with Crippen molar-refractivity contribution in [1.29, 1.82) is 0 Å². The van der Waals surface area contributed by atoms with Crippen molar-refractivity contribution in [3.8, 4) is 0 Å². The van der Waals surface area contributed by atoms with Crippen LogP contribution in [0.2, 0.25) is 0 Å². The highest BCUT2D eigenvalue weighted by molar-refractivity contribution is 5.14. The molecular weight excluding hydrogens is 594 g/mol. The zero-order valence-electron chi connectivity index (χ0n) is 12.0. The third-order valence-electron chi connectivity index (χ3n) is 2.85. The van der Waals surface area contributed by atoms with Gasteiger partial charge in [0, 0.05) is 0 Å². The molecule has 176 valence electrons. The third-order valence-corrected chi connectivity index (χ3v) is 3.77. The van der Waals surface area contributed by atoms with Crippen molar-refractivity contribution >= 4 is 0 Å².